The third kappa shape index (κ3) is 3.72. The number of morpholine rings is 1. The van der Waals surface area contributed by atoms with Gasteiger partial charge in [-0.2, -0.15) is 0 Å². The monoisotopic (exact) mass is 523 g/mol. The smallest absolute Gasteiger partial charge is 0.0809 e. The fourth-order valence-electron chi connectivity index (χ4n) is 4.34. The highest BCUT2D eigenvalue weighted by molar-refractivity contribution is 14.2. The average Bonchev–Trinajstić information content (AvgIpc) is 2.68. The van der Waals surface area contributed by atoms with Gasteiger partial charge in [0.1, 0.15) is 0 Å². The summed E-state index contributed by atoms with van der Waals surface area (Å²) in [5.41, 5.74) is 6.35. The minimum atomic E-state index is -0.0346. The van der Waals surface area contributed by atoms with Crippen LogP contribution < -0.4 is 15.2 Å². The van der Waals surface area contributed by atoms with E-state index in [9.17, 15) is 0 Å². The molecule has 0 spiro atoms. The van der Waals surface area contributed by atoms with Gasteiger partial charge < -0.3 is 14.5 Å². The van der Waals surface area contributed by atoms with E-state index in [1.54, 1.807) is 0 Å². The van der Waals surface area contributed by atoms with Gasteiger partial charge in [0, 0.05) is 47.0 Å². The summed E-state index contributed by atoms with van der Waals surface area (Å²) in [6.45, 7) is 10.5. The summed E-state index contributed by atoms with van der Waals surface area (Å²) < 4.78 is 7.11. The number of hydrogen-bond acceptors (Lipinski definition) is 4. The SMILES string of the molecule is CCc1cc(N(C)C)cc2c1N=c1c(C)cc(N3C(C)COCC3C)cc1=S2I. The molecule has 2 aromatic rings. The average molecular weight is 523 g/mol. The van der Waals surface area contributed by atoms with E-state index >= 15 is 0 Å². The first kappa shape index (κ1) is 21.1. The maximum absolute atomic E-state index is 5.75. The van der Waals surface area contributed by atoms with Gasteiger partial charge >= 0.3 is 0 Å². The largest absolute Gasteiger partial charge is 0.378 e. The highest BCUT2D eigenvalue weighted by atomic mass is 127. The lowest BCUT2D eigenvalue weighted by molar-refractivity contribution is 0.0757. The summed E-state index contributed by atoms with van der Waals surface area (Å²) in [6, 6.07) is 10.1. The first-order chi connectivity index (χ1) is 13.8. The van der Waals surface area contributed by atoms with Crippen molar-refractivity contribution in [2.45, 2.75) is 51.1 Å². The van der Waals surface area contributed by atoms with E-state index in [0.29, 0.717) is 12.1 Å². The van der Waals surface area contributed by atoms with Crippen LogP contribution in [0.4, 0.5) is 17.1 Å². The van der Waals surface area contributed by atoms with E-state index in [0.717, 1.165) is 19.6 Å². The Bertz CT molecular complexity index is 1070. The molecule has 1 fully saturated rings. The van der Waals surface area contributed by atoms with Crippen LogP contribution >= 0.6 is 28.9 Å². The Kier molecular flexibility index (Phi) is 5.97. The summed E-state index contributed by atoms with van der Waals surface area (Å²) in [4.78, 5) is 11.3. The number of aryl methyl sites for hydroxylation is 2. The van der Waals surface area contributed by atoms with Crippen LogP contribution in [0.15, 0.2) is 34.2 Å². The third-order valence-corrected chi connectivity index (χ3v) is 10.1. The molecule has 0 amide bonds. The molecular weight excluding hydrogens is 493 g/mol. The second kappa shape index (κ2) is 8.19. The number of rotatable bonds is 3. The zero-order chi connectivity index (χ0) is 20.9. The lowest BCUT2D eigenvalue weighted by Gasteiger charge is -2.41. The van der Waals surface area contributed by atoms with Gasteiger partial charge in [-0.1, -0.05) is 14.6 Å². The van der Waals surface area contributed by atoms with Crippen molar-refractivity contribution in [1.82, 2.24) is 0 Å². The van der Waals surface area contributed by atoms with Crippen molar-refractivity contribution in [3.63, 3.8) is 0 Å². The van der Waals surface area contributed by atoms with Crippen molar-refractivity contribution in [3.8, 4) is 0 Å². The molecule has 0 N–H and O–H groups in total. The minimum absolute atomic E-state index is 0.0346. The second-order valence-electron chi connectivity index (χ2n) is 8.32. The van der Waals surface area contributed by atoms with E-state index in [1.165, 1.54) is 43.0 Å². The summed E-state index contributed by atoms with van der Waals surface area (Å²) >= 11 is 2.63. The molecule has 4 nitrogen and oxygen atoms in total. The summed E-state index contributed by atoms with van der Waals surface area (Å²) in [5.74, 6) is 0. The molecule has 4 rings (SSSR count). The van der Waals surface area contributed by atoms with Crippen LogP contribution in [-0.2, 0) is 11.2 Å². The highest BCUT2D eigenvalue weighted by Gasteiger charge is 2.27. The molecule has 156 valence electrons. The van der Waals surface area contributed by atoms with Crippen molar-refractivity contribution in [2.24, 2.45) is 4.99 Å². The number of fused-ring (bicyclic) bond motifs is 2. The zero-order valence-corrected chi connectivity index (χ0v) is 21.1. The number of nitrogens with zero attached hydrogens (tertiary/aromatic N) is 3. The number of halogens is 1. The van der Waals surface area contributed by atoms with Gasteiger partial charge in [-0.15, -0.1) is 0 Å². The van der Waals surface area contributed by atoms with Crippen molar-refractivity contribution in [1.29, 1.82) is 0 Å². The summed E-state index contributed by atoms with van der Waals surface area (Å²) in [5, 5.41) is 1.17. The molecule has 2 aromatic carbocycles. The minimum Gasteiger partial charge on any atom is -0.378 e. The van der Waals surface area contributed by atoms with Gasteiger partial charge in [-0.25, -0.2) is 4.99 Å². The van der Waals surface area contributed by atoms with Gasteiger partial charge in [0.25, 0.3) is 0 Å². The molecule has 0 aliphatic carbocycles. The van der Waals surface area contributed by atoms with Crippen molar-refractivity contribution < 1.29 is 4.74 Å². The first-order valence-electron chi connectivity index (χ1n) is 10.3. The van der Waals surface area contributed by atoms with Crippen LogP contribution in [-0.4, -0.2) is 39.4 Å². The Morgan fingerprint density at radius 3 is 2.48 bits per heavy atom. The predicted molar refractivity (Wildman–Crippen MR) is 133 cm³/mol. The quantitative estimate of drug-likeness (QED) is 0.397. The fraction of sp³-hybridized carbons (Fsp3) is 0.478. The van der Waals surface area contributed by atoms with E-state index in [-0.39, 0.29) is 7.66 Å². The third-order valence-electron chi connectivity index (χ3n) is 5.86. The van der Waals surface area contributed by atoms with Crippen LogP contribution in [0.2, 0.25) is 0 Å². The van der Waals surface area contributed by atoms with Crippen molar-refractivity contribution in [2.75, 3.05) is 37.1 Å². The van der Waals surface area contributed by atoms with Crippen LogP contribution in [0.25, 0.3) is 0 Å². The van der Waals surface area contributed by atoms with Crippen LogP contribution in [0.3, 0.4) is 0 Å². The molecule has 0 saturated carbocycles. The van der Waals surface area contributed by atoms with Gasteiger partial charge in [0.2, 0.25) is 0 Å². The van der Waals surface area contributed by atoms with Crippen molar-refractivity contribution in [3.05, 3.63) is 45.3 Å². The topological polar surface area (TPSA) is 28.1 Å². The van der Waals surface area contributed by atoms with Crippen LogP contribution in [0.5, 0.6) is 0 Å². The summed E-state index contributed by atoms with van der Waals surface area (Å²) in [7, 11) is 4.20. The van der Waals surface area contributed by atoms with E-state index in [1.807, 2.05) is 0 Å². The number of hydrogen-bond donors (Lipinski definition) is 0. The Balaban J connectivity index is 1.95. The molecule has 3 atom stereocenters. The molecule has 3 unspecified atom stereocenters. The summed E-state index contributed by atoms with van der Waals surface area (Å²) in [6.07, 6.45) is 0.997. The Morgan fingerprint density at radius 2 is 1.86 bits per heavy atom. The molecule has 0 aromatic heterocycles. The number of ether oxygens (including phenoxy) is 1. The van der Waals surface area contributed by atoms with Gasteiger partial charge in [0.05, 0.1) is 24.3 Å². The number of benzene rings is 2. The molecular formula is C23H30IN3OS. The molecule has 2 aliphatic rings. The zero-order valence-electron chi connectivity index (χ0n) is 18.1. The normalized spacial score (nSPS) is 23.3. The lowest BCUT2D eigenvalue weighted by Crippen LogP contribution is -2.49. The first-order valence-corrected chi connectivity index (χ1v) is 14.1. The maximum Gasteiger partial charge on any atom is 0.0809 e. The van der Waals surface area contributed by atoms with E-state index in [2.05, 4.69) is 97.1 Å². The van der Waals surface area contributed by atoms with E-state index in [4.69, 9.17) is 9.73 Å². The predicted octanol–water partition coefficient (Wildman–Crippen LogP) is 5.43. The van der Waals surface area contributed by atoms with Crippen LogP contribution in [0, 0.1) is 11.4 Å². The Hall–Kier alpha value is -1.12. The molecule has 6 heteroatoms. The van der Waals surface area contributed by atoms with Gasteiger partial charge in [-0.3, -0.25) is 0 Å². The maximum atomic E-state index is 5.75. The fourth-order valence-corrected chi connectivity index (χ4v) is 7.76. The Morgan fingerprint density at radius 1 is 1.17 bits per heavy atom. The number of anilines is 2. The second-order valence-corrected chi connectivity index (χ2v) is 12.4. The van der Waals surface area contributed by atoms with Gasteiger partial charge in [0.15, 0.2) is 0 Å². The highest BCUT2D eigenvalue weighted by Crippen LogP contribution is 2.48. The molecule has 1 saturated heterocycles. The van der Waals surface area contributed by atoms with Crippen LogP contribution in [0.1, 0.15) is 31.9 Å². The molecule has 0 radical (unpaired) electrons. The van der Waals surface area contributed by atoms with Gasteiger partial charge in [-0.05, 0) is 83.8 Å². The molecule has 2 heterocycles. The molecule has 2 aliphatic heterocycles. The Labute approximate surface area is 188 Å². The van der Waals surface area contributed by atoms with Crippen molar-refractivity contribution >= 4 is 45.9 Å². The molecule has 0 bridgehead atoms. The van der Waals surface area contributed by atoms with E-state index < -0.39 is 0 Å². The lowest BCUT2D eigenvalue weighted by atomic mass is 10.1. The molecule has 29 heavy (non-hydrogen) atoms. The standard InChI is InChI=1S/C23H30IN3OS/c1-7-17-9-18(26(5)6)10-21-23(17)25-22-14(2)8-19(11-20(22)29(21)24)27-15(3)12-28-13-16(27)4/h8-11,15-16H,7,12-13H2,1-6H3.